The van der Waals surface area contributed by atoms with E-state index in [0.717, 1.165) is 141 Å². The number of ether oxygens (including phenoxy) is 5. The average molecular weight is 1160 g/mol. The molecule has 1 fully saturated rings. The molecular weight excluding hydrogens is 1040 g/mol. The van der Waals surface area contributed by atoms with E-state index in [2.05, 4.69) is 118 Å². The predicted molar refractivity (Wildman–Crippen MR) is 340 cm³/mol. The van der Waals surface area contributed by atoms with Crippen LogP contribution in [0.25, 0.3) is 0 Å². The van der Waals surface area contributed by atoms with Crippen LogP contribution < -0.4 is 0 Å². The molecule has 0 radical (unpaired) electrons. The molecule has 1 aliphatic rings. The molecule has 0 bridgehead atoms. The van der Waals surface area contributed by atoms with Crippen molar-refractivity contribution in [3.05, 3.63) is 97.2 Å². The minimum Gasteiger partial charge on any atom is -0.479 e. The van der Waals surface area contributed by atoms with Crippen molar-refractivity contribution in [2.24, 2.45) is 0 Å². The van der Waals surface area contributed by atoms with Crippen LogP contribution in [-0.2, 0) is 42.9 Å². The van der Waals surface area contributed by atoms with E-state index < -0.39 is 67.3 Å². The number of esters is 3. The van der Waals surface area contributed by atoms with Gasteiger partial charge in [-0.1, -0.05) is 259 Å². The maximum absolute atomic E-state index is 13.2. The Bertz CT molecular complexity index is 1810. The van der Waals surface area contributed by atoms with Gasteiger partial charge in [0.15, 0.2) is 24.6 Å². The van der Waals surface area contributed by atoms with Crippen molar-refractivity contribution in [1.82, 2.24) is 0 Å². The lowest BCUT2D eigenvalue weighted by Gasteiger charge is -2.40. The Morgan fingerprint density at radius 1 is 0.410 bits per heavy atom. The first kappa shape index (κ1) is 76.7. The number of carbonyl (C=O) groups excluding carboxylic acids is 3. The van der Waals surface area contributed by atoms with E-state index in [1.807, 2.05) is 0 Å². The summed E-state index contributed by atoms with van der Waals surface area (Å²) < 4.78 is 28.5. The molecule has 0 aromatic heterocycles. The van der Waals surface area contributed by atoms with E-state index in [1.54, 1.807) is 0 Å². The molecule has 3 N–H and O–H groups in total. The van der Waals surface area contributed by atoms with Gasteiger partial charge >= 0.3 is 23.9 Å². The number of hydrogen-bond acceptors (Lipinski definition) is 11. The van der Waals surface area contributed by atoms with E-state index in [4.69, 9.17) is 23.7 Å². The second-order valence-corrected chi connectivity index (χ2v) is 22.3. The van der Waals surface area contributed by atoms with Crippen molar-refractivity contribution in [2.45, 2.75) is 314 Å². The number of carboxylic acids is 1. The van der Waals surface area contributed by atoms with Gasteiger partial charge in [0.25, 0.3) is 0 Å². The van der Waals surface area contributed by atoms with Crippen LogP contribution in [0.15, 0.2) is 97.2 Å². The third kappa shape index (κ3) is 47.6. The fraction of sp³-hybridized carbons (Fsp3) is 0.718. The maximum atomic E-state index is 13.2. The summed E-state index contributed by atoms with van der Waals surface area (Å²) in [4.78, 5) is 51.4. The van der Waals surface area contributed by atoms with Crippen LogP contribution in [0.3, 0.4) is 0 Å². The summed E-state index contributed by atoms with van der Waals surface area (Å²) in [5.41, 5.74) is 0. The number of carbonyl (C=O) groups is 4. The number of carboxylic acid groups (broad SMARTS) is 1. The van der Waals surface area contributed by atoms with E-state index in [1.165, 1.54) is 77.0 Å². The Kier molecular flexibility index (Phi) is 53.6. The summed E-state index contributed by atoms with van der Waals surface area (Å²) in [6.45, 7) is 5.77. The molecule has 0 aromatic carbocycles. The topological polar surface area (TPSA) is 175 Å². The highest BCUT2D eigenvalue weighted by atomic mass is 16.7. The number of hydrogen-bond donors (Lipinski definition) is 3. The molecule has 0 aromatic rings. The Morgan fingerprint density at radius 3 is 1.17 bits per heavy atom. The lowest BCUT2D eigenvalue weighted by Crippen LogP contribution is -2.61. The van der Waals surface area contributed by atoms with Crippen LogP contribution in [0.4, 0.5) is 0 Å². The van der Waals surface area contributed by atoms with Crippen molar-refractivity contribution >= 4 is 23.9 Å². The molecule has 0 saturated carbocycles. The first-order chi connectivity index (χ1) is 40.6. The highest BCUT2D eigenvalue weighted by molar-refractivity contribution is 5.74. The Hall–Kier alpha value is -4.36. The number of aliphatic carboxylic acids is 1. The van der Waals surface area contributed by atoms with Gasteiger partial charge in [-0.15, -0.1) is 0 Å². The minimum atomic E-state index is -1.91. The van der Waals surface area contributed by atoms with Crippen LogP contribution in [0.5, 0.6) is 0 Å². The average Bonchev–Trinajstić information content (AvgIpc) is 3.59. The number of aliphatic hydroxyl groups excluding tert-OH is 2. The van der Waals surface area contributed by atoms with E-state index in [9.17, 15) is 34.5 Å². The van der Waals surface area contributed by atoms with Crippen LogP contribution >= 0.6 is 0 Å². The Balaban J connectivity index is 2.68. The molecule has 12 heteroatoms. The molecular formula is C71H118O12. The van der Waals surface area contributed by atoms with Gasteiger partial charge in [0.1, 0.15) is 18.8 Å². The van der Waals surface area contributed by atoms with Gasteiger partial charge in [-0.25, -0.2) is 4.79 Å². The van der Waals surface area contributed by atoms with E-state index in [0.29, 0.717) is 19.3 Å². The van der Waals surface area contributed by atoms with Crippen LogP contribution in [0.2, 0.25) is 0 Å². The summed E-state index contributed by atoms with van der Waals surface area (Å²) in [7, 11) is 0. The molecule has 0 aliphatic carbocycles. The van der Waals surface area contributed by atoms with Gasteiger partial charge < -0.3 is 39.0 Å². The number of aliphatic hydroxyl groups is 2. The van der Waals surface area contributed by atoms with Gasteiger partial charge in [0, 0.05) is 19.3 Å². The molecule has 0 spiro atoms. The van der Waals surface area contributed by atoms with Crippen molar-refractivity contribution in [3.63, 3.8) is 0 Å². The number of rotatable bonds is 56. The Morgan fingerprint density at radius 2 is 0.759 bits per heavy atom. The van der Waals surface area contributed by atoms with E-state index in [-0.39, 0.29) is 25.9 Å². The van der Waals surface area contributed by atoms with Gasteiger partial charge in [0.2, 0.25) is 0 Å². The molecule has 1 aliphatic heterocycles. The van der Waals surface area contributed by atoms with E-state index >= 15 is 0 Å². The standard InChI is InChI=1S/C71H118O12/c1-4-7-10-13-16-19-22-25-28-31-32-35-36-39-42-45-48-51-54-57-63(72)79-60-62(81-64(73)58-55-52-49-46-43-40-37-33-29-26-23-20-17-14-11-8-5-2)61-80-71-69(67(76)66(75)68(83-71)70(77)78)82-65(74)59-56-53-50-47-44-41-38-34-30-27-24-21-18-15-12-9-6-3/h7-8,10-11,16-17,19-20,25-26,28-29,32,35,39,42,62,66-69,71,75-76H,4-6,9,12-15,18,21-24,27,30-31,33-34,36-38,40-41,43-61H2,1-3H3,(H,77,78)/b10-7-,11-8-,19-16-,20-17-,28-25-,29-26-,35-32-,42-39-. The summed E-state index contributed by atoms with van der Waals surface area (Å²) in [5, 5.41) is 31.6. The summed E-state index contributed by atoms with van der Waals surface area (Å²) >= 11 is 0. The van der Waals surface area contributed by atoms with Crippen LogP contribution in [-0.4, -0.2) is 89.2 Å². The monoisotopic (exact) mass is 1160 g/mol. The second-order valence-electron chi connectivity index (χ2n) is 22.3. The molecule has 474 valence electrons. The molecule has 83 heavy (non-hydrogen) atoms. The van der Waals surface area contributed by atoms with Gasteiger partial charge in [-0.05, 0) is 96.3 Å². The number of allylic oxidation sites excluding steroid dienone is 16. The van der Waals surface area contributed by atoms with Crippen molar-refractivity contribution in [3.8, 4) is 0 Å². The molecule has 6 atom stereocenters. The third-order valence-corrected chi connectivity index (χ3v) is 14.7. The second kappa shape index (κ2) is 58.0. The van der Waals surface area contributed by atoms with Crippen molar-refractivity contribution in [2.75, 3.05) is 13.2 Å². The zero-order valence-electron chi connectivity index (χ0n) is 52.4. The molecule has 1 rings (SSSR count). The SMILES string of the molecule is CC/C=C\C/C=C\C/C=C\C/C=C\C/C=C\CCCCCC(=O)OCC(COC1OC(C(=O)O)C(O)C(O)C1OC(=O)CCCCCCCCCCCCCCCCCCC)OC(=O)CCCCCCCCC/C=C\C/C=C\C/C=C\CC. The predicted octanol–water partition coefficient (Wildman–Crippen LogP) is 18.0. The van der Waals surface area contributed by atoms with Crippen LogP contribution in [0, 0.1) is 0 Å². The highest BCUT2D eigenvalue weighted by Gasteiger charge is 2.50. The lowest BCUT2D eigenvalue weighted by atomic mass is 9.98. The Labute approximate surface area is 504 Å². The van der Waals surface area contributed by atoms with Gasteiger partial charge in [-0.2, -0.15) is 0 Å². The quantitative estimate of drug-likeness (QED) is 0.0228. The molecule has 6 unspecified atom stereocenters. The summed E-state index contributed by atoms with van der Waals surface area (Å²) in [6.07, 6.45) is 65.0. The van der Waals surface area contributed by atoms with Gasteiger partial charge in [0.05, 0.1) is 6.61 Å². The highest BCUT2D eigenvalue weighted by Crippen LogP contribution is 2.27. The molecule has 0 amide bonds. The van der Waals surface area contributed by atoms with Crippen LogP contribution in [0.1, 0.15) is 278 Å². The third-order valence-electron chi connectivity index (χ3n) is 14.7. The lowest BCUT2D eigenvalue weighted by molar-refractivity contribution is -0.301. The minimum absolute atomic E-state index is 0.0559. The summed E-state index contributed by atoms with van der Waals surface area (Å²) in [5.74, 6) is -3.17. The summed E-state index contributed by atoms with van der Waals surface area (Å²) in [6, 6.07) is 0. The first-order valence-corrected chi connectivity index (χ1v) is 33.2. The molecule has 1 saturated heterocycles. The fourth-order valence-electron chi connectivity index (χ4n) is 9.65. The number of unbranched alkanes of at least 4 members (excludes halogenated alkanes) is 26. The smallest absolute Gasteiger partial charge is 0.335 e. The molecule has 12 nitrogen and oxygen atoms in total. The van der Waals surface area contributed by atoms with Crippen molar-refractivity contribution in [1.29, 1.82) is 0 Å². The first-order valence-electron chi connectivity index (χ1n) is 33.2. The maximum Gasteiger partial charge on any atom is 0.335 e. The molecule has 1 heterocycles. The largest absolute Gasteiger partial charge is 0.479 e. The fourth-order valence-corrected chi connectivity index (χ4v) is 9.65. The van der Waals surface area contributed by atoms with Crippen molar-refractivity contribution < 1.29 is 58.2 Å². The zero-order chi connectivity index (χ0) is 60.3. The van der Waals surface area contributed by atoms with Gasteiger partial charge in [-0.3, -0.25) is 14.4 Å². The normalized spacial score (nSPS) is 18.2. The zero-order valence-corrected chi connectivity index (χ0v) is 52.4.